The van der Waals surface area contributed by atoms with Crippen LogP contribution in [0, 0.1) is 6.92 Å². The zero-order valence-electron chi connectivity index (χ0n) is 14.5. The standard InChI is InChI=1S/C19H20INO4S/c1-13-9-11-17(12-10-13)26(23,24)21-18(14(2)20)19(25-15(3)22)16-7-5-4-6-8-16/h4-12,18-19,21H,2H2,1,3H3/t18-,19+/m1/s1. The van der Waals surface area contributed by atoms with Crippen molar-refractivity contribution in [2.75, 3.05) is 0 Å². The number of nitrogens with one attached hydrogen (secondary N) is 1. The monoisotopic (exact) mass is 485 g/mol. The molecule has 0 bridgehead atoms. The first-order valence-corrected chi connectivity index (χ1v) is 10.4. The predicted octanol–water partition coefficient (Wildman–Crippen LogP) is 3.90. The van der Waals surface area contributed by atoms with Gasteiger partial charge in [0.2, 0.25) is 10.0 Å². The van der Waals surface area contributed by atoms with Crippen molar-refractivity contribution in [3.05, 3.63) is 75.9 Å². The van der Waals surface area contributed by atoms with Crippen LogP contribution in [-0.4, -0.2) is 20.4 Å². The van der Waals surface area contributed by atoms with E-state index >= 15 is 0 Å². The molecular formula is C19H20INO4S. The molecule has 2 aromatic rings. The lowest BCUT2D eigenvalue weighted by molar-refractivity contribution is -0.147. The van der Waals surface area contributed by atoms with Crippen molar-refractivity contribution in [1.29, 1.82) is 0 Å². The van der Waals surface area contributed by atoms with Crippen LogP contribution in [0.5, 0.6) is 0 Å². The van der Waals surface area contributed by atoms with Gasteiger partial charge in [-0.2, -0.15) is 4.72 Å². The third kappa shape index (κ3) is 5.39. The molecule has 0 saturated heterocycles. The summed E-state index contributed by atoms with van der Waals surface area (Å²) in [4.78, 5) is 11.7. The first kappa shape index (κ1) is 20.6. The van der Waals surface area contributed by atoms with E-state index in [-0.39, 0.29) is 4.90 Å². The van der Waals surface area contributed by atoms with Crippen molar-refractivity contribution >= 4 is 38.6 Å². The van der Waals surface area contributed by atoms with Crippen molar-refractivity contribution in [3.8, 4) is 0 Å². The molecule has 0 saturated carbocycles. The van der Waals surface area contributed by atoms with E-state index in [1.54, 1.807) is 36.4 Å². The Balaban J connectivity index is 2.40. The van der Waals surface area contributed by atoms with Gasteiger partial charge in [-0.25, -0.2) is 8.42 Å². The number of carbonyl (C=O) groups excluding carboxylic acids is 1. The van der Waals surface area contributed by atoms with E-state index in [4.69, 9.17) is 4.74 Å². The van der Waals surface area contributed by atoms with E-state index in [0.717, 1.165) is 5.56 Å². The summed E-state index contributed by atoms with van der Waals surface area (Å²) in [5.74, 6) is -0.504. The topological polar surface area (TPSA) is 72.5 Å². The van der Waals surface area contributed by atoms with Crippen molar-refractivity contribution in [3.63, 3.8) is 0 Å². The van der Waals surface area contributed by atoms with Crippen LogP contribution < -0.4 is 4.72 Å². The molecule has 138 valence electrons. The van der Waals surface area contributed by atoms with E-state index in [9.17, 15) is 13.2 Å². The van der Waals surface area contributed by atoms with E-state index in [1.165, 1.54) is 19.1 Å². The van der Waals surface area contributed by atoms with Crippen LogP contribution in [0.3, 0.4) is 0 Å². The third-order valence-electron chi connectivity index (χ3n) is 3.67. The highest BCUT2D eigenvalue weighted by atomic mass is 127. The molecule has 2 aromatic carbocycles. The van der Waals surface area contributed by atoms with Gasteiger partial charge in [0.05, 0.1) is 10.9 Å². The summed E-state index contributed by atoms with van der Waals surface area (Å²) in [6, 6.07) is 14.7. The molecule has 1 N–H and O–H groups in total. The van der Waals surface area contributed by atoms with Gasteiger partial charge < -0.3 is 4.74 Å². The number of hydrogen-bond acceptors (Lipinski definition) is 4. The maximum atomic E-state index is 12.8. The minimum atomic E-state index is -3.82. The van der Waals surface area contributed by atoms with Crippen LogP contribution in [-0.2, 0) is 19.6 Å². The van der Waals surface area contributed by atoms with Gasteiger partial charge in [0.15, 0.2) is 0 Å². The van der Waals surface area contributed by atoms with Crippen LogP contribution >= 0.6 is 22.6 Å². The van der Waals surface area contributed by atoms with E-state index in [2.05, 4.69) is 11.3 Å². The number of aryl methyl sites for hydroxylation is 1. The Bertz CT molecular complexity index is 880. The average Bonchev–Trinajstić information content (AvgIpc) is 2.58. The molecule has 0 amide bonds. The summed E-state index contributed by atoms with van der Waals surface area (Å²) in [7, 11) is -3.82. The second-order valence-corrected chi connectivity index (χ2v) is 8.90. The van der Waals surface area contributed by atoms with Crippen molar-refractivity contribution in [2.24, 2.45) is 0 Å². The van der Waals surface area contributed by atoms with Crippen LogP contribution in [0.15, 0.2) is 69.7 Å². The smallest absolute Gasteiger partial charge is 0.303 e. The second-order valence-electron chi connectivity index (χ2n) is 5.80. The Kier molecular flexibility index (Phi) is 6.96. The summed E-state index contributed by atoms with van der Waals surface area (Å²) in [5, 5.41) is 0. The van der Waals surface area contributed by atoms with Crippen molar-refractivity contribution in [2.45, 2.75) is 30.9 Å². The van der Waals surface area contributed by atoms with Gasteiger partial charge in [0.25, 0.3) is 0 Å². The van der Waals surface area contributed by atoms with E-state index in [0.29, 0.717) is 9.14 Å². The molecule has 0 aliphatic heterocycles. The fraction of sp³-hybridized carbons (Fsp3) is 0.211. The highest BCUT2D eigenvalue weighted by molar-refractivity contribution is 14.1. The Morgan fingerprint density at radius 2 is 1.69 bits per heavy atom. The van der Waals surface area contributed by atoms with E-state index < -0.39 is 28.1 Å². The van der Waals surface area contributed by atoms with Crippen molar-refractivity contribution < 1.29 is 17.9 Å². The molecule has 26 heavy (non-hydrogen) atoms. The molecule has 0 heterocycles. The predicted molar refractivity (Wildman–Crippen MR) is 109 cm³/mol. The Morgan fingerprint density at radius 1 is 1.12 bits per heavy atom. The minimum absolute atomic E-state index is 0.139. The zero-order chi connectivity index (χ0) is 19.3. The van der Waals surface area contributed by atoms with E-state index in [1.807, 2.05) is 35.6 Å². The van der Waals surface area contributed by atoms with Crippen LogP contribution in [0.1, 0.15) is 24.2 Å². The second kappa shape index (κ2) is 8.79. The van der Waals surface area contributed by atoms with Gasteiger partial charge in [0, 0.05) is 10.5 Å². The number of sulfonamides is 1. The quantitative estimate of drug-likeness (QED) is 0.477. The summed E-state index contributed by atoms with van der Waals surface area (Å²) in [6.45, 7) is 7.04. The first-order valence-electron chi connectivity index (χ1n) is 7.86. The molecule has 0 unspecified atom stereocenters. The molecule has 0 radical (unpaired) electrons. The molecule has 7 heteroatoms. The highest BCUT2D eigenvalue weighted by Gasteiger charge is 2.32. The molecular weight excluding hydrogens is 465 g/mol. The number of esters is 1. The molecule has 2 rings (SSSR count). The Labute approximate surface area is 167 Å². The summed E-state index contributed by atoms with van der Waals surface area (Å²) in [5.41, 5.74) is 1.64. The lowest BCUT2D eigenvalue weighted by Gasteiger charge is -2.27. The number of hydrogen-bond donors (Lipinski definition) is 1. The maximum absolute atomic E-state index is 12.8. The van der Waals surface area contributed by atoms with Gasteiger partial charge in [-0.1, -0.05) is 54.6 Å². The number of carbonyl (C=O) groups is 1. The van der Waals surface area contributed by atoms with Gasteiger partial charge in [0.1, 0.15) is 6.10 Å². The van der Waals surface area contributed by atoms with Crippen molar-refractivity contribution in [1.82, 2.24) is 4.72 Å². The molecule has 0 fully saturated rings. The van der Waals surface area contributed by atoms with Gasteiger partial charge in [-0.05, 0) is 47.2 Å². The number of ether oxygens (including phenoxy) is 1. The fourth-order valence-corrected chi connectivity index (χ4v) is 4.32. The summed E-state index contributed by atoms with van der Waals surface area (Å²) < 4.78 is 34.1. The number of rotatable bonds is 7. The highest BCUT2D eigenvalue weighted by Crippen LogP contribution is 2.29. The fourth-order valence-electron chi connectivity index (χ4n) is 2.39. The van der Waals surface area contributed by atoms with Gasteiger partial charge in [-0.3, -0.25) is 4.79 Å². The van der Waals surface area contributed by atoms with Gasteiger partial charge in [-0.15, -0.1) is 0 Å². The number of benzene rings is 2. The molecule has 5 nitrogen and oxygen atoms in total. The van der Waals surface area contributed by atoms with Crippen LogP contribution in [0.4, 0.5) is 0 Å². The molecule has 0 aliphatic carbocycles. The van der Waals surface area contributed by atoms with Crippen LogP contribution in [0.25, 0.3) is 0 Å². The molecule has 2 atom stereocenters. The normalized spacial score (nSPS) is 13.7. The first-order chi connectivity index (χ1) is 12.2. The average molecular weight is 485 g/mol. The zero-order valence-corrected chi connectivity index (χ0v) is 17.5. The third-order valence-corrected chi connectivity index (χ3v) is 5.80. The SMILES string of the molecule is C=C(I)[C@@H](NS(=O)(=O)c1ccc(C)cc1)[C@@H](OC(C)=O)c1ccccc1. The summed E-state index contributed by atoms with van der Waals surface area (Å²) in [6.07, 6.45) is -0.821. The lowest BCUT2D eigenvalue weighted by atomic mass is 10.0. The Morgan fingerprint density at radius 3 is 2.19 bits per heavy atom. The Hall–Kier alpha value is -1.71. The molecule has 0 spiro atoms. The minimum Gasteiger partial charge on any atom is -0.456 e. The maximum Gasteiger partial charge on any atom is 0.303 e. The number of halogens is 1. The largest absolute Gasteiger partial charge is 0.456 e. The molecule has 0 aromatic heterocycles. The lowest BCUT2D eigenvalue weighted by Crippen LogP contribution is -2.40. The van der Waals surface area contributed by atoms with Gasteiger partial charge >= 0.3 is 5.97 Å². The van der Waals surface area contributed by atoms with Crippen LogP contribution in [0.2, 0.25) is 0 Å². The molecule has 0 aliphatic rings. The summed E-state index contributed by atoms with van der Waals surface area (Å²) >= 11 is 1.95.